The molecule has 3 N–H and O–H groups in total. The Labute approximate surface area is 157 Å². The fraction of sp³-hybridized carbons (Fsp3) is 0.111. The number of nitrogens with two attached hydrogens (primary N) is 1. The first-order valence-corrected chi connectivity index (χ1v) is 8.39. The normalized spacial score (nSPS) is 11.0. The highest BCUT2D eigenvalue weighted by Gasteiger charge is 2.16. The summed E-state index contributed by atoms with van der Waals surface area (Å²) in [7, 11) is 0. The molecule has 10 nitrogen and oxygen atoms in total. The zero-order valence-corrected chi connectivity index (χ0v) is 14.6. The van der Waals surface area contributed by atoms with Gasteiger partial charge in [0.2, 0.25) is 5.91 Å². The van der Waals surface area contributed by atoms with Gasteiger partial charge < -0.3 is 11.1 Å². The molecular formula is C18H15N7O3. The van der Waals surface area contributed by atoms with Gasteiger partial charge in [0.1, 0.15) is 6.54 Å². The fourth-order valence-electron chi connectivity index (χ4n) is 2.91. The van der Waals surface area contributed by atoms with E-state index in [1.54, 1.807) is 40.9 Å². The Morgan fingerprint density at radius 1 is 1.04 bits per heavy atom. The summed E-state index contributed by atoms with van der Waals surface area (Å²) in [5.41, 5.74) is 5.48. The topological polar surface area (TPSA) is 137 Å². The number of carbonyl (C=O) groups excluding carboxylic acids is 2. The molecule has 1 aromatic carbocycles. The fourth-order valence-corrected chi connectivity index (χ4v) is 2.91. The minimum absolute atomic E-state index is 0.0635. The van der Waals surface area contributed by atoms with Gasteiger partial charge in [0, 0.05) is 11.6 Å². The average Bonchev–Trinajstić information content (AvgIpc) is 3.11. The Balaban J connectivity index is 1.57. The molecular weight excluding hydrogens is 362 g/mol. The summed E-state index contributed by atoms with van der Waals surface area (Å²) in [6, 6.07) is 11.9. The number of pyridine rings is 1. The highest BCUT2D eigenvalue weighted by atomic mass is 16.2. The molecule has 0 saturated carbocycles. The van der Waals surface area contributed by atoms with E-state index in [-0.39, 0.29) is 24.2 Å². The van der Waals surface area contributed by atoms with Crippen LogP contribution >= 0.6 is 0 Å². The van der Waals surface area contributed by atoms with Crippen molar-refractivity contribution < 1.29 is 9.59 Å². The first-order chi connectivity index (χ1) is 13.5. The molecule has 0 spiro atoms. The van der Waals surface area contributed by atoms with Crippen LogP contribution in [0.2, 0.25) is 0 Å². The van der Waals surface area contributed by atoms with E-state index >= 15 is 0 Å². The zero-order valence-electron chi connectivity index (χ0n) is 14.6. The van der Waals surface area contributed by atoms with Gasteiger partial charge in [-0.15, -0.1) is 10.2 Å². The van der Waals surface area contributed by atoms with Crippen LogP contribution in [-0.4, -0.2) is 36.2 Å². The van der Waals surface area contributed by atoms with Gasteiger partial charge >= 0.3 is 0 Å². The SMILES string of the molecule is NC(=O)c1nn(CC(=O)NCc2nnc3ccccn23)c(=O)c2ccccc12. The van der Waals surface area contributed by atoms with Crippen LogP contribution in [0.5, 0.6) is 0 Å². The van der Waals surface area contributed by atoms with Crippen molar-refractivity contribution in [1.82, 2.24) is 29.7 Å². The molecule has 0 atom stereocenters. The van der Waals surface area contributed by atoms with Gasteiger partial charge in [-0.05, 0) is 18.2 Å². The molecule has 0 aliphatic carbocycles. The largest absolute Gasteiger partial charge is 0.364 e. The lowest BCUT2D eigenvalue weighted by atomic mass is 10.1. The lowest BCUT2D eigenvalue weighted by Gasteiger charge is -2.09. The van der Waals surface area contributed by atoms with E-state index in [2.05, 4.69) is 20.6 Å². The Kier molecular flexibility index (Phi) is 4.28. The summed E-state index contributed by atoms with van der Waals surface area (Å²) in [4.78, 5) is 36.6. The Morgan fingerprint density at radius 2 is 1.79 bits per heavy atom. The van der Waals surface area contributed by atoms with Crippen LogP contribution in [0.4, 0.5) is 0 Å². The van der Waals surface area contributed by atoms with Crippen LogP contribution in [0.3, 0.4) is 0 Å². The summed E-state index contributed by atoms with van der Waals surface area (Å²) in [5, 5.41) is 15.3. The highest BCUT2D eigenvalue weighted by molar-refractivity contribution is 6.04. The third-order valence-corrected chi connectivity index (χ3v) is 4.22. The van der Waals surface area contributed by atoms with Crippen molar-refractivity contribution in [2.45, 2.75) is 13.1 Å². The average molecular weight is 377 g/mol. The predicted molar refractivity (Wildman–Crippen MR) is 99.4 cm³/mol. The second-order valence-corrected chi connectivity index (χ2v) is 6.04. The molecule has 3 heterocycles. The molecule has 4 aromatic rings. The standard InChI is InChI=1S/C18H15N7O3/c19-17(27)16-11-5-1-2-6-12(11)18(28)25(23-16)10-15(26)20-9-14-22-21-13-7-3-4-8-24(13)14/h1-8H,9-10H2,(H2,19,27)(H,20,26). The smallest absolute Gasteiger partial charge is 0.275 e. The number of primary amides is 1. The number of aromatic nitrogens is 5. The molecule has 0 unspecified atom stereocenters. The van der Waals surface area contributed by atoms with Crippen molar-refractivity contribution in [3.8, 4) is 0 Å². The summed E-state index contributed by atoms with van der Waals surface area (Å²) >= 11 is 0. The molecule has 0 radical (unpaired) electrons. The van der Waals surface area contributed by atoms with Gasteiger partial charge in [0.25, 0.3) is 11.5 Å². The Morgan fingerprint density at radius 3 is 2.57 bits per heavy atom. The molecule has 10 heteroatoms. The first kappa shape index (κ1) is 17.3. The number of nitrogens with zero attached hydrogens (tertiary/aromatic N) is 5. The lowest BCUT2D eigenvalue weighted by Crippen LogP contribution is -2.35. The number of fused-ring (bicyclic) bond motifs is 2. The van der Waals surface area contributed by atoms with Crippen molar-refractivity contribution in [3.05, 3.63) is 70.5 Å². The maximum Gasteiger partial charge on any atom is 0.275 e. The number of nitrogens with one attached hydrogen (secondary N) is 1. The number of hydrogen-bond acceptors (Lipinski definition) is 6. The molecule has 2 amide bonds. The zero-order chi connectivity index (χ0) is 19.7. The van der Waals surface area contributed by atoms with Gasteiger partial charge in [-0.25, -0.2) is 4.68 Å². The third-order valence-electron chi connectivity index (χ3n) is 4.22. The van der Waals surface area contributed by atoms with Crippen LogP contribution in [0.1, 0.15) is 16.3 Å². The van der Waals surface area contributed by atoms with E-state index in [9.17, 15) is 14.4 Å². The number of rotatable bonds is 5. The van der Waals surface area contributed by atoms with Crippen LogP contribution in [0.25, 0.3) is 16.4 Å². The molecule has 3 aromatic heterocycles. The Hall–Kier alpha value is -4.08. The van der Waals surface area contributed by atoms with Crippen LogP contribution in [0, 0.1) is 0 Å². The lowest BCUT2D eigenvalue weighted by molar-refractivity contribution is -0.122. The molecule has 0 bridgehead atoms. The van der Waals surface area contributed by atoms with E-state index in [1.807, 2.05) is 12.1 Å². The molecule has 140 valence electrons. The summed E-state index contributed by atoms with van der Waals surface area (Å²) < 4.78 is 2.67. The third kappa shape index (κ3) is 3.07. The highest BCUT2D eigenvalue weighted by Crippen LogP contribution is 2.12. The van der Waals surface area contributed by atoms with Crippen molar-refractivity contribution in [2.24, 2.45) is 5.73 Å². The van der Waals surface area contributed by atoms with Gasteiger partial charge in [-0.1, -0.05) is 24.3 Å². The van der Waals surface area contributed by atoms with E-state index in [0.717, 1.165) is 4.68 Å². The van der Waals surface area contributed by atoms with E-state index in [1.165, 1.54) is 0 Å². The summed E-state index contributed by atoms with van der Waals surface area (Å²) in [6.45, 7) is -0.240. The van der Waals surface area contributed by atoms with Crippen molar-refractivity contribution in [2.75, 3.05) is 0 Å². The van der Waals surface area contributed by atoms with Crippen molar-refractivity contribution >= 4 is 28.2 Å². The minimum atomic E-state index is -0.778. The van der Waals surface area contributed by atoms with Crippen LogP contribution in [0.15, 0.2) is 53.5 Å². The van der Waals surface area contributed by atoms with E-state index < -0.39 is 17.4 Å². The quantitative estimate of drug-likeness (QED) is 0.496. The van der Waals surface area contributed by atoms with Crippen molar-refractivity contribution in [3.63, 3.8) is 0 Å². The molecule has 0 aliphatic heterocycles. The number of carbonyl (C=O) groups is 2. The summed E-state index contributed by atoms with van der Waals surface area (Å²) in [6.07, 6.45) is 1.78. The van der Waals surface area contributed by atoms with Crippen LogP contribution < -0.4 is 16.6 Å². The first-order valence-electron chi connectivity index (χ1n) is 8.39. The number of amides is 2. The van der Waals surface area contributed by atoms with Crippen molar-refractivity contribution in [1.29, 1.82) is 0 Å². The Bertz CT molecular complexity index is 1280. The van der Waals surface area contributed by atoms with Gasteiger partial charge in [-0.2, -0.15) is 5.10 Å². The predicted octanol–water partition coefficient (Wildman–Crippen LogP) is -0.145. The van der Waals surface area contributed by atoms with Gasteiger partial charge in [0.15, 0.2) is 17.2 Å². The molecule has 4 rings (SSSR count). The van der Waals surface area contributed by atoms with E-state index in [4.69, 9.17) is 5.73 Å². The number of hydrogen-bond donors (Lipinski definition) is 2. The van der Waals surface area contributed by atoms with Gasteiger partial charge in [0.05, 0.1) is 11.9 Å². The summed E-state index contributed by atoms with van der Waals surface area (Å²) in [5.74, 6) is -0.700. The maximum absolute atomic E-state index is 12.6. The molecule has 0 aliphatic rings. The second kappa shape index (κ2) is 6.91. The number of benzene rings is 1. The minimum Gasteiger partial charge on any atom is -0.364 e. The monoisotopic (exact) mass is 377 g/mol. The molecule has 0 saturated heterocycles. The second-order valence-electron chi connectivity index (χ2n) is 6.04. The molecule has 0 fully saturated rings. The molecule has 28 heavy (non-hydrogen) atoms. The maximum atomic E-state index is 12.6. The van der Waals surface area contributed by atoms with Gasteiger partial charge in [-0.3, -0.25) is 18.8 Å². The van der Waals surface area contributed by atoms with E-state index in [0.29, 0.717) is 16.9 Å². The van der Waals surface area contributed by atoms with Crippen LogP contribution in [-0.2, 0) is 17.9 Å².